The molecule has 0 radical (unpaired) electrons. The highest BCUT2D eigenvalue weighted by atomic mass is 35.5. The molecule has 0 spiro atoms. The maximum absolute atomic E-state index is 13.2. The quantitative estimate of drug-likeness (QED) is 0.804. The molecule has 4 nitrogen and oxygen atoms in total. The Morgan fingerprint density at radius 1 is 1.04 bits per heavy atom. The number of para-hydroxylation sites is 1. The average molecular weight is 398 g/mol. The number of amides is 2. The minimum absolute atomic E-state index is 0.0284. The van der Waals surface area contributed by atoms with Crippen molar-refractivity contribution in [2.24, 2.45) is 5.73 Å². The van der Waals surface area contributed by atoms with Crippen molar-refractivity contribution in [2.45, 2.75) is 43.6 Å². The molecular weight excluding hydrogens is 370 g/mol. The van der Waals surface area contributed by atoms with E-state index in [1.807, 2.05) is 47.4 Å². The van der Waals surface area contributed by atoms with Gasteiger partial charge < -0.3 is 10.6 Å². The molecule has 2 aromatic carbocycles. The van der Waals surface area contributed by atoms with Gasteiger partial charge >= 0.3 is 6.03 Å². The Hall–Kier alpha value is -2.04. The first-order chi connectivity index (χ1) is 13.6. The molecule has 5 heteroatoms. The van der Waals surface area contributed by atoms with Gasteiger partial charge in [-0.2, -0.15) is 0 Å². The zero-order chi connectivity index (χ0) is 19.6. The van der Waals surface area contributed by atoms with Crippen LogP contribution in [0.25, 0.3) is 0 Å². The van der Waals surface area contributed by atoms with Crippen molar-refractivity contribution in [3.8, 4) is 0 Å². The zero-order valence-corrected chi connectivity index (χ0v) is 16.9. The zero-order valence-electron chi connectivity index (χ0n) is 16.2. The van der Waals surface area contributed by atoms with E-state index < -0.39 is 0 Å². The number of hydrogen-bond donors (Lipinski definition) is 1. The van der Waals surface area contributed by atoms with E-state index in [2.05, 4.69) is 17.0 Å². The highest BCUT2D eigenvalue weighted by molar-refractivity contribution is 6.30. The predicted octanol–water partition coefficient (Wildman–Crippen LogP) is 4.81. The van der Waals surface area contributed by atoms with E-state index in [-0.39, 0.29) is 17.5 Å². The van der Waals surface area contributed by atoms with E-state index in [0.717, 1.165) is 55.9 Å². The summed E-state index contributed by atoms with van der Waals surface area (Å²) in [5.74, 6) is 0. The number of rotatable bonds is 4. The number of carbonyl (C=O) groups is 1. The molecule has 1 aliphatic carbocycles. The second-order valence-electron chi connectivity index (χ2n) is 8.04. The fourth-order valence-corrected chi connectivity index (χ4v) is 5.02. The number of nitrogens with two attached hydrogens (primary N) is 1. The third-order valence-electron chi connectivity index (χ3n) is 6.51. The second kappa shape index (κ2) is 8.14. The summed E-state index contributed by atoms with van der Waals surface area (Å²) in [5.41, 5.74) is 8.43. The Morgan fingerprint density at radius 3 is 2.46 bits per heavy atom. The average Bonchev–Trinajstić information content (AvgIpc) is 2.75. The largest absolute Gasteiger partial charge is 0.330 e. The smallest absolute Gasteiger partial charge is 0.324 e. The highest BCUT2D eigenvalue weighted by Gasteiger charge is 2.40. The van der Waals surface area contributed by atoms with Crippen LogP contribution in [0.2, 0.25) is 5.02 Å². The monoisotopic (exact) mass is 397 g/mol. The van der Waals surface area contributed by atoms with Gasteiger partial charge in [-0.3, -0.25) is 4.90 Å². The number of anilines is 1. The Morgan fingerprint density at radius 2 is 1.79 bits per heavy atom. The molecule has 0 unspecified atom stereocenters. The highest BCUT2D eigenvalue weighted by Crippen LogP contribution is 2.41. The lowest BCUT2D eigenvalue weighted by Crippen LogP contribution is -2.55. The number of nitrogens with zero attached hydrogens (tertiary/aromatic N) is 2. The van der Waals surface area contributed by atoms with Gasteiger partial charge in [0.15, 0.2) is 0 Å². The first-order valence-electron chi connectivity index (χ1n) is 10.2. The molecule has 2 N–H and O–H groups in total. The van der Waals surface area contributed by atoms with Gasteiger partial charge in [0.1, 0.15) is 0 Å². The molecule has 4 rings (SSSR count). The van der Waals surface area contributed by atoms with Crippen molar-refractivity contribution >= 4 is 23.3 Å². The molecule has 0 atom stereocenters. The van der Waals surface area contributed by atoms with Crippen molar-refractivity contribution < 1.29 is 4.79 Å². The standard InChI is InChI=1S/C23H28ClN3O/c24-19-7-4-6-18(16-19)23(17-25)12-10-21(11-13-23)27-15-5-14-26(22(27)28)20-8-2-1-3-9-20/h1-4,6-9,16,21H,5,10-15,17,25H2/t21-,23-. The molecule has 1 saturated carbocycles. The van der Waals surface area contributed by atoms with Crippen LogP contribution in [0.5, 0.6) is 0 Å². The van der Waals surface area contributed by atoms with Gasteiger partial charge in [-0.1, -0.05) is 41.9 Å². The van der Waals surface area contributed by atoms with Gasteiger partial charge in [-0.25, -0.2) is 4.79 Å². The van der Waals surface area contributed by atoms with Gasteiger partial charge in [0.25, 0.3) is 0 Å². The van der Waals surface area contributed by atoms with E-state index in [4.69, 9.17) is 17.3 Å². The summed E-state index contributed by atoms with van der Waals surface area (Å²) in [6.07, 6.45) is 4.96. The molecular formula is C23H28ClN3O. The lowest BCUT2D eigenvalue weighted by molar-refractivity contribution is 0.131. The molecule has 0 aromatic heterocycles. The first kappa shape index (κ1) is 19.3. The number of urea groups is 1. The lowest BCUT2D eigenvalue weighted by atomic mass is 9.68. The predicted molar refractivity (Wildman–Crippen MR) is 115 cm³/mol. The van der Waals surface area contributed by atoms with Crippen LogP contribution < -0.4 is 10.6 Å². The minimum atomic E-state index is -0.0284. The molecule has 1 saturated heterocycles. The fraction of sp³-hybridized carbons (Fsp3) is 0.435. The molecule has 1 aliphatic heterocycles. The minimum Gasteiger partial charge on any atom is -0.330 e. The summed E-state index contributed by atoms with van der Waals surface area (Å²) in [4.78, 5) is 17.2. The van der Waals surface area contributed by atoms with E-state index >= 15 is 0 Å². The van der Waals surface area contributed by atoms with E-state index in [0.29, 0.717) is 6.54 Å². The molecule has 1 heterocycles. The van der Waals surface area contributed by atoms with Gasteiger partial charge in [-0.15, -0.1) is 0 Å². The van der Waals surface area contributed by atoms with Crippen LogP contribution in [0.1, 0.15) is 37.7 Å². The number of carbonyl (C=O) groups excluding carboxylic acids is 1. The lowest BCUT2D eigenvalue weighted by Gasteiger charge is -2.46. The molecule has 2 amide bonds. The van der Waals surface area contributed by atoms with Crippen molar-refractivity contribution in [3.63, 3.8) is 0 Å². The van der Waals surface area contributed by atoms with Crippen molar-refractivity contribution in [1.29, 1.82) is 0 Å². The van der Waals surface area contributed by atoms with Crippen molar-refractivity contribution in [2.75, 3.05) is 24.5 Å². The van der Waals surface area contributed by atoms with Crippen molar-refractivity contribution in [3.05, 3.63) is 65.2 Å². The van der Waals surface area contributed by atoms with Gasteiger partial charge in [0.05, 0.1) is 0 Å². The van der Waals surface area contributed by atoms with Crippen LogP contribution in [0.4, 0.5) is 10.5 Å². The SMILES string of the molecule is NC[C@]1(c2cccc(Cl)c2)CC[C@H](N2CCCN(c3ccccc3)C2=O)CC1. The fourth-order valence-electron chi connectivity index (χ4n) is 4.83. The van der Waals surface area contributed by atoms with Crippen molar-refractivity contribution in [1.82, 2.24) is 4.90 Å². The Kier molecular flexibility index (Phi) is 5.61. The molecule has 0 bridgehead atoms. The van der Waals surface area contributed by atoms with Crippen LogP contribution in [0.3, 0.4) is 0 Å². The summed E-state index contributed by atoms with van der Waals surface area (Å²) in [5, 5.41) is 0.761. The maximum Gasteiger partial charge on any atom is 0.324 e. The summed E-state index contributed by atoms with van der Waals surface area (Å²) in [6.45, 7) is 2.26. The van der Waals surface area contributed by atoms with E-state index in [1.54, 1.807) is 0 Å². The number of halogens is 1. The molecule has 2 fully saturated rings. The van der Waals surface area contributed by atoms with E-state index in [1.165, 1.54) is 5.56 Å². The first-order valence-corrected chi connectivity index (χ1v) is 10.6. The second-order valence-corrected chi connectivity index (χ2v) is 8.48. The number of benzene rings is 2. The Bertz CT molecular complexity index is 818. The Labute approximate surface area is 172 Å². The maximum atomic E-state index is 13.2. The Balaban J connectivity index is 1.48. The van der Waals surface area contributed by atoms with E-state index in [9.17, 15) is 4.79 Å². The molecule has 2 aromatic rings. The summed E-state index contributed by atoms with van der Waals surface area (Å²) < 4.78 is 0. The normalized spacial score (nSPS) is 25.8. The summed E-state index contributed by atoms with van der Waals surface area (Å²) >= 11 is 6.23. The third kappa shape index (κ3) is 3.63. The summed E-state index contributed by atoms with van der Waals surface area (Å²) in [6, 6.07) is 18.5. The van der Waals surface area contributed by atoms with Crippen LogP contribution in [-0.4, -0.2) is 36.6 Å². The van der Waals surface area contributed by atoms with Crippen LogP contribution in [0.15, 0.2) is 54.6 Å². The van der Waals surface area contributed by atoms with Crippen LogP contribution in [0, 0.1) is 0 Å². The van der Waals surface area contributed by atoms with Crippen LogP contribution >= 0.6 is 11.6 Å². The molecule has 148 valence electrons. The van der Waals surface area contributed by atoms with Gasteiger partial charge in [-0.05, 0) is 61.9 Å². The summed E-state index contributed by atoms with van der Waals surface area (Å²) in [7, 11) is 0. The number of hydrogen-bond acceptors (Lipinski definition) is 2. The topological polar surface area (TPSA) is 49.6 Å². The van der Waals surface area contributed by atoms with Crippen LogP contribution in [-0.2, 0) is 5.41 Å². The third-order valence-corrected chi connectivity index (χ3v) is 6.74. The van der Waals surface area contributed by atoms with Gasteiger partial charge in [0.2, 0.25) is 0 Å². The van der Waals surface area contributed by atoms with Gasteiger partial charge in [0, 0.05) is 41.8 Å². The molecule has 28 heavy (non-hydrogen) atoms. The molecule has 2 aliphatic rings.